The minimum atomic E-state index is -4.42. The molecule has 2 aromatic rings. The van der Waals surface area contributed by atoms with Crippen molar-refractivity contribution in [2.45, 2.75) is 37.6 Å². The minimum Gasteiger partial charge on any atom is -0.346 e. The number of fused-ring (bicyclic) bond motifs is 3. The molecule has 0 saturated heterocycles. The zero-order valence-corrected chi connectivity index (χ0v) is 14.8. The molecule has 5 nitrogen and oxygen atoms in total. The summed E-state index contributed by atoms with van der Waals surface area (Å²) in [6.07, 6.45) is -0.361. The highest BCUT2D eigenvalue weighted by atomic mass is 32.2. The van der Waals surface area contributed by atoms with Gasteiger partial charge >= 0.3 is 6.18 Å². The Morgan fingerprint density at radius 2 is 2.08 bits per heavy atom. The van der Waals surface area contributed by atoms with Crippen molar-refractivity contribution in [2.75, 3.05) is 12.3 Å². The van der Waals surface area contributed by atoms with Gasteiger partial charge in [0.25, 0.3) is 5.56 Å². The van der Waals surface area contributed by atoms with E-state index in [9.17, 15) is 22.8 Å². The van der Waals surface area contributed by atoms with Crippen LogP contribution in [0.3, 0.4) is 0 Å². The molecule has 1 aliphatic rings. The largest absolute Gasteiger partial charge is 0.405 e. The predicted molar refractivity (Wildman–Crippen MR) is 92.1 cm³/mol. The van der Waals surface area contributed by atoms with E-state index in [1.165, 1.54) is 16.2 Å². The first-order chi connectivity index (χ1) is 11.8. The van der Waals surface area contributed by atoms with Crippen molar-refractivity contribution in [3.63, 3.8) is 0 Å². The number of amides is 1. The first-order valence-corrected chi connectivity index (χ1v) is 9.75. The summed E-state index contributed by atoms with van der Waals surface area (Å²) in [4.78, 5) is 32.8. The number of alkyl halides is 3. The van der Waals surface area contributed by atoms with Gasteiger partial charge in [0.2, 0.25) is 5.91 Å². The van der Waals surface area contributed by atoms with Gasteiger partial charge in [-0.15, -0.1) is 23.1 Å². The van der Waals surface area contributed by atoms with Crippen LogP contribution in [0.15, 0.2) is 4.79 Å². The van der Waals surface area contributed by atoms with Gasteiger partial charge in [0, 0.05) is 4.88 Å². The second-order valence-corrected chi connectivity index (χ2v) is 7.86. The van der Waals surface area contributed by atoms with Crippen LogP contribution in [0.5, 0.6) is 0 Å². The fraction of sp³-hybridized carbons (Fsp3) is 0.533. The molecule has 10 heteroatoms. The van der Waals surface area contributed by atoms with Crippen LogP contribution >= 0.6 is 23.1 Å². The van der Waals surface area contributed by atoms with Crippen LogP contribution in [0.2, 0.25) is 0 Å². The number of aromatic amines is 1. The Labute approximate surface area is 149 Å². The third-order valence-corrected chi connectivity index (χ3v) is 5.96. The molecule has 0 bridgehead atoms. The van der Waals surface area contributed by atoms with Gasteiger partial charge in [-0.05, 0) is 31.2 Å². The summed E-state index contributed by atoms with van der Waals surface area (Å²) in [5.74, 6) is -0.131. The van der Waals surface area contributed by atoms with E-state index in [1.807, 2.05) is 5.32 Å². The van der Waals surface area contributed by atoms with Crippen LogP contribution in [-0.4, -0.2) is 34.3 Å². The molecule has 0 saturated carbocycles. The number of aryl methyl sites for hydroxylation is 2. The third kappa shape index (κ3) is 4.55. The van der Waals surface area contributed by atoms with E-state index >= 15 is 0 Å². The molecule has 0 radical (unpaired) electrons. The SMILES string of the molecule is O=C(CSCc1nc2sc3c(c2c(=O)[nH]1)CCCC3)NCC(F)(F)F. The summed E-state index contributed by atoms with van der Waals surface area (Å²) >= 11 is 2.64. The number of H-pyrrole nitrogens is 1. The van der Waals surface area contributed by atoms with Gasteiger partial charge in [-0.3, -0.25) is 9.59 Å². The van der Waals surface area contributed by atoms with Gasteiger partial charge in [0.15, 0.2) is 0 Å². The number of hydrogen-bond donors (Lipinski definition) is 2. The lowest BCUT2D eigenvalue weighted by atomic mass is 9.97. The third-order valence-electron chi connectivity index (χ3n) is 3.83. The van der Waals surface area contributed by atoms with Gasteiger partial charge in [0.05, 0.1) is 16.9 Å². The van der Waals surface area contributed by atoms with Gasteiger partial charge in [0.1, 0.15) is 17.2 Å². The van der Waals surface area contributed by atoms with E-state index in [4.69, 9.17) is 0 Å². The van der Waals surface area contributed by atoms with Crippen LogP contribution < -0.4 is 10.9 Å². The van der Waals surface area contributed by atoms with E-state index in [0.29, 0.717) is 16.0 Å². The van der Waals surface area contributed by atoms with E-state index < -0.39 is 18.6 Å². The number of nitrogens with zero attached hydrogens (tertiary/aromatic N) is 1. The lowest BCUT2D eigenvalue weighted by Crippen LogP contribution is -2.34. The number of aromatic nitrogens is 2. The Morgan fingerprint density at radius 1 is 1.32 bits per heavy atom. The molecule has 0 unspecified atom stereocenters. The van der Waals surface area contributed by atoms with E-state index in [1.54, 1.807) is 0 Å². The molecule has 136 valence electrons. The second kappa shape index (κ2) is 7.36. The average molecular weight is 391 g/mol. The van der Waals surface area contributed by atoms with Crippen molar-refractivity contribution in [2.24, 2.45) is 0 Å². The monoisotopic (exact) mass is 391 g/mol. The Morgan fingerprint density at radius 3 is 2.84 bits per heavy atom. The fourth-order valence-electron chi connectivity index (χ4n) is 2.77. The molecule has 2 N–H and O–H groups in total. The lowest BCUT2D eigenvalue weighted by molar-refractivity contribution is -0.136. The number of carbonyl (C=O) groups excluding carboxylic acids is 1. The maximum absolute atomic E-state index is 12.3. The normalized spacial score (nSPS) is 14.5. The molecule has 2 aromatic heterocycles. The number of nitrogens with one attached hydrogen (secondary N) is 2. The number of hydrogen-bond acceptors (Lipinski definition) is 5. The highest BCUT2D eigenvalue weighted by Crippen LogP contribution is 2.33. The van der Waals surface area contributed by atoms with E-state index in [-0.39, 0.29) is 17.1 Å². The van der Waals surface area contributed by atoms with Crippen molar-refractivity contribution < 1.29 is 18.0 Å². The Balaban J connectivity index is 1.63. The molecule has 2 heterocycles. The maximum Gasteiger partial charge on any atom is 0.405 e. The van der Waals surface area contributed by atoms with Gasteiger partial charge in [-0.2, -0.15) is 13.2 Å². The van der Waals surface area contributed by atoms with Crippen LogP contribution in [0.4, 0.5) is 13.2 Å². The topological polar surface area (TPSA) is 74.8 Å². The van der Waals surface area contributed by atoms with E-state index in [0.717, 1.165) is 43.0 Å². The van der Waals surface area contributed by atoms with Gasteiger partial charge in [-0.1, -0.05) is 0 Å². The number of rotatable bonds is 5. The molecule has 0 aromatic carbocycles. The number of thioether (sulfide) groups is 1. The maximum atomic E-state index is 12.3. The van der Waals surface area contributed by atoms with Gasteiger partial charge < -0.3 is 10.3 Å². The van der Waals surface area contributed by atoms with Crippen molar-refractivity contribution in [3.8, 4) is 0 Å². The summed E-state index contributed by atoms with van der Waals surface area (Å²) in [6.45, 7) is -1.34. The van der Waals surface area contributed by atoms with Crippen LogP contribution in [0.25, 0.3) is 10.2 Å². The smallest absolute Gasteiger partial charge is 0.346 e. The molecule has 1 aliphatic carbocycles. The molecule has 0 atom stereocenters. The lowest BCUT2D eigenvalue weighted by Gasteiger charge is -2.09. The molecular formula is C15H16F3N3O2S2. The van der Waals surface area contributed by atoms with Crippen LogP contribution in [0.1, 0.15) is 29.1 Å². The first kappa shape index (κ1) is 18.2. The number of thiophene rings is 1. The number of halogens is 3. The second-order valence-electron chi connectivity index (χ2n) is 5.79. The minimum absolute atomic E-state index is 0.126. The van der Waals surface area contributed by atoms with Crippen molar-refractivity contribution >= 4 is 39.2 Å². The Bertz CT molecular complexity index is 845. The highest BCUT2D eigenvalue weighted by molar-refractivity contribution is 7.99. The molecule has 3 rings (SSSR count). The summed E-state index contributed by atoms with van der Waals surface area (Å²) < 4.78 is 36.1. The summed E-state index contributed by atoms with van der Waals surface area (Å²) in [5.41, 5.74) is 0.923. The quantitative estimate of drug-likeness (QED) is 0.822. The average Bonchev–Trinajstić information content (AvgIpc) is 2.91. The van der Waals surface area contributed by atoms with Crippen molar-refractivity contribution in [1.29, 1.82) is 0 Å². The Kier molecular flexibility index (Phi) is 5.38. The molecule has 25 heavy (non-hydrogen) atoms. The standard InChI is InChI=1S/C15H16F3N3O2S2/c16-15(17,18)7-19-11(22)6-24-5-10-20-13(23)12-8-3-1-2-4-9(8)25-14(12)21-10/h1-7H2,(H,19,22)(H,20,21,23). The summed E-state index contributed by atoms with van der Waals surface area (Å²) in [6, 6.07) is 0. The molecule has 1 amide bonds. The summed E-state index contributed by atoms with van der Waals surface area (Å²) in [5, 5.41) is 2.47. The molecule has 0 aliphatic heterocycles. The van der Waals surface area contributed by atoms with Crippen LogP contribution in [0, 0.1) is 0 Å². The summed E-state index contributed by atoms with van der Waals surface area (Å²) in [7, 11) is 0. The van der Waals surface area contributed by atoms with Crippen LogP contribution in [-0.2, 0) is 23.4 Å². The zero-order chi connectivity index (χ0) is 18.0. The number of carbonyl (C=O) groups is 1. The van der Waals surface area contributed by atoms with Gasteiger partial charge in [-0.25, -0.2) is 4.98 Å². The first-order valence-electron chi connectivity index (χ1n) is 7.78. The fourth-order valence-corrected chi connectivity index (χ4v) is 4.77. The molecule has 0 fully saturated rings. The van der Waals surface area contributed by atoms with Crippen molar-refractivity contribution in [1.82, 2.24) is 15.3 Å². The van der Waals surface area contributed by atoms with E-state index in [2.05, 4.69) is 9.97 Å². The zero-order valence-electron chi connectivity index (χ0n) is 13.2. The molecule has 0 spiro atoms. The predicted octanol–water partition coefficient (Wildman–Crippen LogP) is 2.78. The molecular weight excluding hydrogens is 375 g/mol. The van der Waals surface area contributed by atoms with Crippen molar-refractivity contribution in [3.05, 3.63) is 26.6 Å². The Hall–Kier alpha value is -1.55. The highest BCUT2D eigenvalue weighted by Gasteiger charge is 2.27.